The second kappa shape index (κ2) is 10.3. The molecule has 0 fully saturated rings. The molecule has 1 heterocycles. The van der Waals surface area contributed by atoms with Crippen LogP contribution in [0.3, 0.4) is 0 Å². The molecule has 0 bridgehead atoms. The van der Waals surface area contributed by atoms with Crippen LogP contribution in [0, 0.1) is 0 Å². The van der Waals surface area contributed by atoms with Crippen LogP contribution >= 0.6 is 11.8 Å². The lowest BCUT2D eigenvalue weighted by molar-refractivity contribution is 0.655. The Bertz CT molecular complexity index is 945. The molecule has 0 spiro atoms. The number of aliphatic imine (C=N–C) groups is 1. The van der Waals surface area contributed by atoms with Crippen molar-refractivity contribution in [2.75, 3.05) is 19.3 Å². The molecule has 5 N–H and O–H groups in total. The number of aromatic nitrogens is 2. The highest BCUT2D eigenvalue weighted by molar-refractivity contribution is 8.02. The van der Waals surface area contributed by atoms with Gasteiger partial charge in [0.1, 0.15) is 0 Å². The van der Waals surface area contributed by atoms with Gasteiger partial charge in [0.15, 0.2) is 5.96 Å². The quantitative estimate of drug-likeness (QED) is 0.347. The van der Waals surface area contributed by atoms with Crippen LogP contribution in [0.4, 0.5) is 0 Å². The van der Waals surface area contributed by atoms with E-state index in [0.717, 1.165) is 61.3 Å². The number of nitrogens with two attached hydrogens (primary N) is 2. The summed E-state index contributed by atoms with van der Waals surface area (Å²) in [7, 11) is 0. The number of rotatable bonds is 8. The van der Waals surface area contributed by atoms with E-state index >= 15 is 0 Å². The smallest absolute Gasteiger partial charge is 0.352 e. The predicted octanol–water partition coefficient (Wildman–Crippen LogP) is 2.03. The number of benzene rings is 1. The molecule has 0 radical (unpaired) electrons. The number of nitrogens with one attached hydrogen (secondary N) is 1. The zero-order valence-electron chi connectivity index (χ0n) is 16.7. The van der Waals surface area contributed by atoms with E-state index in [1.54, 1.807) is 16.3 Å². The number of guanidine groups is 1. The number of hydrogen-bond donors (Lipinski definition) is 3. The second-order valence-corrected chi connectivity index (χ2v) is 7.90. The van der Waals surface area contributed by atoms with Crippen LogP contribution in [0.15, 0.2) is 45.2 Å². The summed E-state index contributed by atoms with van der Waals surface area (Å²) in [6.45, 7) is 2.20. The first-order valence-electron chi connectivity index (χ1n) is 9.79. The molecule has 1 aromatic heterocycles. The van der Waals surface area contributed by atoms with Crippen molar-refractivity contribution in [3.05, 3.63) is 62.7 Å². The van der Waals surface area contributed by atoms with Crippen molar-refractivity contribution in [1.82, 2.24) is 14.9 Å². The number of allylic oxidation sites excluding steroid dienone is 1. The van der Waals surface area contributed by atoms with Gasteiger partial charge in [-0.3, -0.25) is 9.56 Å². The number of thioether (sulfide) groups is 1. The van der Waals surface area contributed by atoms with Gasteiger partial charge in [0.25, 0.3) is 0 Å². The molecule has 0 saturated heterocycles. The van der Waals surface area contributed by atoms with Gasteiger partial charge in [0.2, 0.25) is 0 Å². The molecule has 0 atom stereocenters. The minimum Gasteiger partial charge on any atom is -0.370 e. The van der Waals surface area contributed by atoms with Gasteiger partial charge in [0, 0.05) is 24.8 Å². The lowest BCUT2D eigenvalue weighted by Gasteiger charge is -2.10. The maximum Gasteiger partial charge on any atom is 0.352 e. The second-order valence-electron chi connectivity index (χ2n) is 6.97. The summed E-state index contributed by atoms with van der Waals surface area (Å²) in [4.78, 5) is 22.2. The Morgan fingerprint density at radius 1 is 1.28 bits per heavy atom. The van der Waals surface area contributed by atoms with Gasteiger partial charge in [0.05, 0.1) is 11.4 Å². The number of hydrogen-bond acceptors (Lipinski definition) is 5. The van der Waals surface area contributed by atoms with Gasteiger partial charge in [-0.15, -0.1) is 11.8 Å². The average molecular weight is 413 g/mol. The van der Waals surface area contributed by atoms with Crippen molar-refractivity contribution >= 4 is 23.8 Å². The molecule has 2 aromatic rings. The third-order valence-electron chi connectivity index (χ3n) is 4.80. The normalized spacial score (nSPS) is 13.3. The molecule has 1 aliphatic rings. The molecule has 1 aromatic carbocycles. The van der Waals surface area contributed by atoms with Gasteiger partial charge in [-0.05, 0) is 67.2 Å². The monoisotopic (exact) mass is 412 g/mol. The van der Waals surface area contributed by atoms with E-state index < -0.39 is 0 Å². The Hall–Kier alpha value is -2.58. The third-order valence-corrected chi connectivity index (χ3v) is 5.65. The van der Waals surface area contributed by atoms with Crippen LogP contribution in [-0.4, -0.2) is 34.9 Å². The van der Waals surface area contributed by atoms with Crippen molar-refractivity contribution < 1.29 is 0 Å². The van der Waals surface area contributed by atoms with E-state index in [9.17, 15) is 4.79 Å². The van der Waals surface area contributed by atoms with E-state index in [1.165, 1.54) is 4.91 Å². The zero-order valence-corrected chi connectivity index (χ0v) is 17.5. The van der Waals surface area contributed by atoms with Gasteiger partial charge in [-0.2, -0.15) is 4.98 Å². The first kappa shape index (κ1) is 21.1. The average Bonchev–Trinajstić information content (AvgIpc) is 2.91. The molecular weight excluding hydrogens is 384 g/mol. The molecule has 1 aliphatic carbocycles. The molecule has 0 amide bonds. The maximum atomic E-state index is 12.5. The fraction of sp³-hybridized carbons (Fsp3) is 0.381. The topological polar surface area (TPSA) is 111 Å². The number of fused-ring (bicyclic) bond motifs is 1. The third kappa shape index (κ3) is 5.95. The van der Waals surface area contributed by atoms with Crippen molar-refractivity contribution in [3.63, 3.8) is 0 Å². The van der Waals surface area contributed by atoms with Gasteiger partial charge in [-0.1, -0.05) is 12.1 Å². The van der Waals surface area contributed by atoms with E-state index in [2.05, 4.69) is 27.6 Å². The summed E-state index contributed by atoms with van der Waals surface area (Å²) >= 11 is 1.76. The fourth-order valence-electron chi connectivity index (χ4n) is 3.26. The highest BCUT2D eigenvalue weighted by Gasteiger charge is 2.13. The first-order chi connectivity index (χ1) is 14.1. The Balaban J connectivity index is 1.68. The van der Waals surface area contributed by atoms with Gasteiger partial charge in [-0.25, -0.2) is 4.79 Å². The summed E-state index contributed by atoms with van der Waals surface area (Å²) in [5, 5.41) is 3.36. The molecule has 8 heteroatoms. The lowest BCUT2D eigenvalue weighted by Crippen LogP contribution is -2.24. The van der Waals surface area contributed by atoms with Crippen LogP contribution in [-0.2, 0) is 13.0 Å². The van der Waals surface area contributed by atoms with Crippen LogP contribution in [0.5, 0.6) is 0 Å². The SMILES string of the molecule is CSC1=Cc2cn(-c3ccc(CNCCCN=C(N)N)cc3)c(=O)nc2CCC1. The first-order valence-corrected chi connectivity index (χ1v) is 11.0. The summed E-state index contributed by atoms with van der Waals surface area (Å²) in [6.07, 6.45) is 9.97. The standard InChI is InChI=1S/C21H28N6OS/c1-29-18-4-2-5-19-16(12-18)14-27(21(28)26-19)17-8-6-15(7-9-17)13-24-10-3-11-25-20(22)23/h6-9,12,14,24H,2-5,10-11,13H2,1H3,(H4,22,23,25). The Labute approximate surface area is 175 Å². The summed E-state index contributed by atoms with van der Waals surface area (Å²) in [5.74, 6) is 0.128. The van der Waals surface area contributed by atoms with Crippen molar-refractivity contribution in [2.24, 2.45) is 16.5 Å². The molecule has 7 nitrogen and oxygen atoms in total. The van der Waals surface area contributed by atoms with E-state index in [0.29, 0.717) is 6.54 Å². The van der Waals surface area contributed by atoms with E-state index in [1.807, 2.05) is 30.5 Å². The molecule has 0 unspecified atom stereocenters. The Morgan fingerprint density at radius 3 is 2.79 bits per heavy atom. The molecule has 0 saturated carbocycles. The highest BCUT2D eigenvalue weighted by Crippen LogP contribution is 2.27. The summed E-state index contributed by atoms with van der Waals surface area (Å²) < 4.78 is 1.63. The lowest BCUT2D eigenvalue weighted by atomic mass is 10.1. The van der Waals surface area contributed by atoms with Crippen molar-refractivity contribution in [3.8, 4) is 5.69 Å². The largest absolute Gasteiger partial charge is 0.370 e. The van der Waals surface area contributed by atoms with Gasteiger partial charge < -0.3 is 16.8 Å². The molecule has 0 aliphatic heterocycles. The minimum absolute atomic E-state index is 0.128. The van der Waals surface area contributed by atoms with E-state index in [-0.39, 0.29) is 11.6 Å². The summed E-state index contributed by atoms with van der Waals surface area (Å²) in [6, 6.07) is 7.98. The predicted molar refractivity (Wildman–Crippen MR) is 121 cm³/mol. The molecule has 29 heavy (non-hydrogen) atoms. The van der Waals surface area contributed by atoms with Gasteiger partial charge >= 0.3 is 5.69 Å². The van der Waals surface area contributed by atoms with Crippen LogP contribution in [0.25, 0.3) is 11.8 Å². The Kier molecular flexibility index (Phi) is 7.48. The Morgan fingerprint density at radius 2 is 2.07 bits per heavy atom. The minimum atomic E-state index is -0.227. The summed E-state index contributed by atoms with van der Waals surface area (Å²) in [5.41, 5.74) is 14.3. The molecule has 154 valence electrons. The van der Waals surface area contributed by atoms with E-state index in [4.69, 9.17) is 11.5 Å². The highest BCUT2D eigenvalue weighted by atomic mass is 32.2. The maximum absolute atomic E-state index is 12.5. The number of aryl methyl sites for hydroxylation is 1. The zero-order chi connectivity index (χ0) is 20.6. The molecule has 3 rings (SSSR count). The molecular formula is C21H28N6OS. The van der Waals surface area contributed by atoms with Crippen molar-refractivity contribution in [2.45, 2.75) is 32.2 Å². The fourth-order valence-corrected chi connectivity index (χ4v) is 3.86. The van der Waals surface area contributed by atoms with Crippen molar-refractivity contribution in [1.29, 1.82) is 0 Å². The van der Waals surface area contributed by atoms with Crippen LogP contribution < -0.4 is 22.5 Å². The van der Waals surface area contributed by atoms with Crippen LogP contribution in [0.2, 0.25) is 0 Å². The van der Waals surface area contributed by atoms with Crippen LogP contribution in [0.1, 0.15) is 36.1 Å². The number of nitrogens with zero attached hydrogens (tertiary/aromatic N) is 3.